The Morgan fingerprint density at radius 3 is 2.64 bits per heavy atom. The molecule has 1 aromatic carbocycles. The molecule has 0 bridgehead atoms. The molecular formula is C14H19ClN4O3. The van der Waals surface area contributed by atoms with Crippen molar-refractivity contribution in [3.63, 3.8) is 0 Å². The Bertz CT molecular complexity index is 586. The molecule has 0 aliphatic carbocycles. The van der Waals surface area contributed by atoms with E-state index in [0.29, 0.717) is 30.4 Å². The van der Waals surface area contributed by atoms with Gasteiger partial charge in [0, 0.05) is 18.7 Å². The summed E-state index contributed by atoms with van der Waals surface area (Å²) < 4.78 is 10.5. The fourth-order valence-corrected chi connectivity index (χ4v) is 1.64. The predicted molar refractivity (Wildman–Crippen MR) is 84.2 cm³/mol. The van der Waals surface area contributed by atoms with Crippen LogP contribution >= 0.6 is 12.4 Å². The summed E-state index contributed by atoms with van der Waals surface area (Å²) >= 11 is 0. The molecule has 0 unspecified atom stereocenters. The van der Waals surface area contributed by atoms with Crippen molar-refractivity contribution in [2.45, 2.75) is 20.0 Å². The van der Waals surface area contributed by atoms with Gasteiger partial charge in [-0.05, 0) is 38.2 Å². The Kier molecular flexibility index (Phi) is 7.34. The molecule has 7 nitrogen and oxygen atoms in total. The number of hydrogen-bond acceptors (Lipinski definition) is 6. The van der Waals surface area contributed by atoms with E-state index in [0.717, 1.165) is 5.69 Å². The maximum atomic E-state index is 11.6. The smallest absolute Gasteiger partial charge is 0.264 e. The van der Waals surface area contributed by atoms with E-state index in [4.69, 9.17) is 9.26 Å². The van der Waals surface area contributed by atoms with Crippen molar-refractivity contribution >= 4 is 24.0 Å². The molecule has 1 heterocycles. The van der Waals surface area contributed by atoms with Gasteiger partial charge in [0.15, 0.2) is 12.4 Å². The van der Waals surface area contributed by atoms with Crippen LogP contribution in [0.5, 0.6) is 5.75 Å². The first-order valence-electron chi connectivity index (χ1n) is 6.64. The number of ether oxygens (including phenoxy) is 1. The molecule has 0 aliphatic heterocycles. The van der Waals surface area contributed by atoms with Crippen LogP contribution < -0.4 is 15.4 Å². The highest BCUT2D eigenvalue weighted by atomic mass is 35.5. The molecule has 0 atom stereocenters. The number of nitrogens with one attached hydrogen (secondary N) is 2. The average molecular weight is 327 g/mol. The van der Waals surface area contributed by atoms with E-state index in [1.807, 2.05) is 7.05 Å². The second-order valence-electron chi connectivity index (χ2n) is 4.45. The molecule has 2 N–H and O–H groups in total. The minimum atomic E-state index is -0.0284. The summed E-state index contributed by atoms with van der Waals surface area (Å²) in [7, 11) is 1.81. The van der Waals surface area contributed by atoms with Crippen LogP contribution in [-0.2, 0) is 11.4 Å². The van der Waals surface area contributed by atoms with Gasteiger partial charge in [-0.1, -0.05) is 5.16 Å². The Labute approximate surface area is 134 Å². The third kappa shape index (κ3) is 5.71. The number of benzene rings is 1. The molecule has 0 saturated heterocycles. The highest BCUT2D eigenvalue weighted by Gasteiger charge is 2.05. The molecule has 2 rings (SSSR count). The molecule has 2 aromatic rings. The molecule has 1 amide bonds. The van der Waals surface area contributed by atoms with Crippen LogP contribution in [0.1, 0.15) is 18.1 Å². The lowest BCUT2D eigenvalue weighted by atomic mass is 10.3. The molecule has 120 valence electrons. The number of aryl methyl sites for hydroxylation is 1. The molecule has 22 heavy (non-hydrogen) atoms. The van der Waals surface area contributed by atoms with Gasteiger partial charge in [-0.3, -0.25) is 4.79 Å². The summed E-state index contributed by atoms with van der Waals surface area (Å²) in [5.41, 5.74) is 0.733. The molecule has 0 radical (unpaired) electrons. The number of amides is 1. The highest BCUT2D eigenvalue weighted by molar-refractivity contribution is 5.90. The number of aromatic nitrogens is 2. The Morgan fingerprint density at radius 1 is 1.32 bits per heavy atom. The Balaban J connectivity index is 0.00000242. The van der Waals surface area contributed by atoms with Crippen LogP contribution in [0.4, 0.5) is 5.69 Å². The number of hydrogen-bond donors (Lipinski definition) is 2. The number of nitrogens with zero attached hydrogens (tertiary/aromatic N) is 2. The van der Waals surface area contributed by atoms with Crippen LogP contribution in [0.3, 0.4) is 0 Å². The maximum absolute atomic E-state index is 11.6. The standard InChI is InChI=1S/C14H18N4O3.ClH/c1-10-16-14(21-18-10)9-20-12-5-3-11(4-6-12)17-13(19)7-8-15-2;/h3-6,15H,7-9H2,1-2H3,(H,17,19);1H. The van der Waals surface area contributed by atoms with Gasteiger partial charge in [0.1, 0.15) is 5.75 Å². The van der Waals surface area contributed by atoms with E-state index in [1.54, 1.807) is 31.2 Å². The van der Waals surface area contributed by atoms with Crippen LogP contribution in [0.2, 0.25) is 0 Å². The van der Waals surface area contributed by atoms with Crippen molar-refractivity contribution in [1.29, 1.82) is 0 Å². The lowest BCUT2D eigenvalue weighted by Crippen LogP contribution is -2.18. The third-order valence-corrected chi connectivity index (χ3v) is 2.67. The molecule has 0 spiro atoms. The van der Waals surface area contributed by atoms with Crippen LogP contribution in [-0.4, -0.2) is 29.6 Å². The van der Waals surface area contributed by atoms with Crippen LogP contribution in [0.25, 0.3) is 0 Å². The van der Waals surface area contributed by atoms with Gasteiger partial charge in [-0.15, -0.1) is 12.4 Å². The van der Waals surface area contributed by atoms with E-state index in [-0.39, 0.29) is 24.9 Å². The Morgan fingerprint density at radius 2 is 2.05 bits per heavy atom. The van der Waals surface area contributed by atoms with E-state index in [9.17, 15) is 4.79 Å². The Hall–Kier alpha value is -2.12. The van der Waals surface area contributed by atoms with E-state index in [1.165, 1.54) is 0 Å². The summed E-state index contributed by atoms with van der Waals surface area (Å²) in [6.45, 7) is 2.61. The van der Waals surface area contributed by atoms with E-state index >= 15 is 0 Å². The fraction of sp³-hybridized carbons (Fsp3) is 0.357. The van der Waals surface area contributed by atoms with Gasteiger partial charge in [-0.2, -0.15) is 4.98 Å². The second kappa shape index (κ2) is 9.01. The maximum Gasteiger partial charge on any atom is 0.264 e. The lowest BCUT2D eigenvalue weighted by Gasteiger charge is -2.07. The number of halogens is 1. The first-order chi connectivity index (χ1) is 10.2. The van der Waals surface area contributed by atoms with Crippen molar-refractivity contribution in [2.75, 3.05) is 18.9 Å². The fourth-order valence-electron chi connectivity index (χ4n) is 1.64. The van der Waals surface area contributed by atoms with Gasteiger partial charge in [0.25, 0.3) is 5.89 Å². The van der Waals surface area contributed by atoms with E-state index < -0.39 is 0 Å². The monoisotopic (exact) mass is 326 g/mol. The predicted octanol–water partition coefficient (Wildman–Crippen LogP) is 1.93. The molecule has 0 fully saturated rings. The zero-order valence-corrected chi connectivity index (χ0v) is 13.3. The van der Waals surface area contributed by atoms with Gasteiger partial charge in [0.2, 0.25) is 5.91 Å². The average Bonchev–Trinajstić information content (AvgIpc) is 2.90. The van der Waals surface area contributed by atoms with Crippen LogP contribution in [0.15, 0.2) is 28.8 Å². The second-order valence-corrected chi connectivity index (χ2v) is 4.45. The largest absolute Gasteiger partial charge is 0.484 e. The number of carbonyl (C=O) groups is 1. The zero-order valence-electron chi connectivity index (χ0n) is 12.5. The van der Waals surface area contributed by atoms with Gasteiger partial charge >= 0.3 is 0 Å². The summed E-state index contributed by atoms with van der Waals surface area (Å²) in [6.07, 6.45) is 0.436. The highest BCUT2D eigenvalue weighted by Crippen LogP contribution is 2.17. The number of rotatable bonds is 7. The quantitative estimate of drug-likeness (QED) is 0.808. The zero-order chi connectivity index (χ0) is 15.1. The first-order valence-corrected chi connectivity index (χ1v) is 6.64. The topological polar surface area (TPSA) is 89.3 Å². The third-order valence-electron chi connectivity index (χ3n) is 2.67. The molecular weight excluding hydrogens is 308 g/mol. The lowest BCUT2D eigenvalue weighted by molar-refractivity contribution is -0.116. The molecule has 0 saturated carbocycles. The normalized spacial score (nSPS) is 9.91. The minimum Gasteiger partial charge on any atom is -0.484 e. The number of anilines is 1. The van der Waals surface area contributed by atoms with Crippen molar-refractivity contribution in [1.82, 2.24) is 15.5 Å². The number of carbonyl (C=O) groups excluding carboxylic acids is 1. The summed E-state index contributed by atoms with van der Waals surface area (Å²) in [4.78, 5) is 15.6. The van der Waals surface area contributed by atoms with Crippen molar-refractivity contribution in [3.8, 4) is 5.75 Å². The first kappa shape index (κ1) is 17.9. The summed E-state index contributed by atoms with van der Waals surface area (Å²) in [6, 6.07) is 7.12. The van der Waals surface area contributed by atoms with Crippen molar-refractivity contribution < 1.29 is 14.1 Å². The van der Waals surface area contributed by atoms with Gasteiger partial charge < -0.3 is 19.9 Å². The molecule has 1 aromatic heterocycles. The molecule has 8 heteroatoms. The minimum absolute atomic E-state index is 0. The van der Waals surface area contributed by atoms with Crippen molar-refractivity contribution in [2.24, 2.45) is 0 Å². The van der Waals surface area contributed by atoms with Crippen molar-refractivity contribution in [3.05, 3.63) is 36.0 Å². The van der Waals surface area contributed by atoms with Gasteiger partial charge in [0.05, 0.1) is 0 Å². The molecule has 0 aliphatic rings. The summed E-state index contributed by atoms with van der Waals surface area (Å²) in [5.74, 6) is 1.64. The van der Waals surface area contributed by atoms with Crippen LogP contribution in [0, 0.1) is 6.92 Å². The summed E-state index contributed by atoms with van der Waals surface area (Å²) in [5, 5.41) is 9.41. The van der Waals surface area contributed by atoms with E-state index in [2.05, 4.69) is 20.8 Å². The SMILES string of the molecule is CNCCC(=O)Nc1ccc(OCc2nc(C)no2)cc1.Cl. The van der Waals surface area contributed by atoms with Gasteiger partial charge in [-0.25, -0.2) is 0 Å².